The molecule has 5 nitrogen and oxygen atoms in total. The number of amides is 1. The normalized spacial score (nSPS) is 19.2. The summed E-state index contributed by atoms with van der Waals surface area (Å²) in [5.74, 6) is 1.09. The number of hydrogen-bond donors (Lipinski definition) is 0. The SMILES string of the molecule is Cn1cnnc1[C@@H]1CCCCN1C(=O)Cc1cccs1. The van der Waals surface area contributed by atoms with Crippen molar-refractivity contribution >= 4 is 17.2 Å². The zero-order valence-electron chi connectivity index (χ0n) is 11.5. The van der Waals surface area contributed by atoms with Crippen molar-refractivity contribution in [2.24, 2.45) is 7.05 Å². The van der Waals surface area contributed by atoms with Gasteiger partial charge in [0.1, 0.15) is 6.33 Å². The van der Waals surface area contributed by atoms with E-state index in [1.54, 1.807) is 17.7 Å². The summed E-state index contributed by atoms with van der Waals surface area (Å²) in [5, 5.41) is 10.1. The third-order valence-electron chi connectivity index (χ3n) is 3.77. The molecule has 1 aliphatic heterocycles. The zero-order chi connectivity index (χ0) is 13.9. The number of rotatable bonds is 3. The molecular weight excluding hydrogens is 272 g/mol. The highest BCUT2D eigenvalue weighted by atomic mass is 32.1. The highest BCUT2D eigenvalue weighted by molar-refractivity contribution is 7.10. The lowest BCUT2D eigenvalue weighted by Gasteiger charge is -2.35. The van der Waals surface area contributed by atoms with E-state index in [1.165, 1.54) is 0 Å². The molecule has 1 atom stereocenters. The molecule has 1 fully saturated rings. The quantitative estimate of drug-likeness (QED) is 0.870. The van der Waals surface area contributed by atoms with Crippen molar-refractivity contribution in [1.82, 2.24) is 19.7 Å². The van der Waals surface area contributed by atoms with Gasteiger partial charge in [0.25, 0.3) is 0 Å². The van der Waals surface area contributed by atoms with Gasteiger partial charge in [-0.25, -0.2) is 0 Å². The molecule has 20 heavy (non-hydrogen) atoms. The number of aromatic nitrogens is 3. The van der Waals surface area contributed by atoms with Crippen molar-refractivity contribution in [1.29, 1.82) is 0 Å². The average molecular weight is 290 g/mol. The highest BCUT2D eigenvalue weighted by Crippen LogP contribution is 2.30. The Morgan fingerprint density at radius 1 is 1.50 bits per heavy atom. The van der Waals surface area contributed by atoms with Gasteiger partial charge in [-0.05, 0) is 30.7 Å². The van der Waals surface area contributed by atoms with Gasteiger partial charge in [0.05, 0.1) is 12.5 Å². The van der Waals surface area contributed by atoms with Crippen LogP contribution in [-0.4, -0.2) is 32.1 Å². The molecule has 0 aliphatic carbocycles. The molecule has 1 amide bonds. The molecule has 0 bridgehead atoms. The van der Waals surface area contributed by atoms with Crippen LogP contribution < -0.4 is 0 Å². The van der Waals surface area contributed by atoms with E-state index < -0.39 is 0 Å². The van der Waals surface area contributed by atoms with Crippen LogP contribution in [0.3, 0.4) is 0 Å². The number of carbonyl (C=O) groups excluding carboxylic acids is 1. The van der Waals surface area contributed by atoms with Crippen LogP contribution in [-0.2, 0) is 18.3 Å². The van der Waals surface area contributed by atoms with Crippen LogP contribution >= 0.6 is 11.3 Å². The van der Waals surface area contributed by atoms with Gasteiger partial charge in [0, 0.05) is 18.5 Å². The molecule has 0 radical (unpaired) electrons. The van der Waals surface area contributed by atoms with Crippen LogP contribution in [0.4, 0.5) is 0 Å². The predicted molar refractivity (Wildman–Crippen MR) is 77.3 cm³/mol. The molecule has 6 heteroatoms. The summed E-state index contributed by atoms with van der Waals surface area (Å²) in [6, 6.07) is 4.08. The molecule has 1 aliphatic rings. The van der Waals surface area contributed by atoms with E-state index in [0.29, 0.717) is 6.42 Å². The van der Waals surface area contributed by atoms with E-state index in [1.807, 2.05) is 34.0 Å². The minimum Gasteiger partial charge on any atom is -0.332 e. The molecule has 0 unspecified atom stereocenters. The first-order chi connectivity index (χ1) is 9.75. The Labute approximate surface area is 122 Å². The lowest BCUT2D eigenvalue weighted by atomic mass is 10.0. The van der Waals surface area contributed by atoms with Crippen LogP contribution in [0.5, 0.6) is 0 Å². The summed E-state index contributed by atoms with van der Waals surface area (Å²) in [4.78, 5) is 15.7. The first-order valence-corrected chi connectivity index (χ1v) is 7.79. The highest BCUT2D eigenvalue weighted by Gasteiger charge is 2.30. The summed E-state index contributed by atoms with van der Waals surface area (Å²) >= 11 is 1.64. The number of hydrogen-bond acceptors (Lipinski definition) is 4. The monoisotopic (exact) mass is 290 g/mol. The van der Waals surface area contributed by atoms with Gasteiger partial charge >= 0.3 is 0 Å². The Morgan fingerprint density at radius 3 is 3.10 bits per heavy atom. The minimum absolute atomic E-state index is 0.0729. The second-order valence-electron chi connectivity index (χ2n) is 5.15. The summed E-state index contributed by atoms with van der Waals surface area (Å²) in [5.41, 5.74) is 0. The van der Waals surface area contributed by atoms with E-state index in [0.717, 1.165) is 36.5 Å². The fraction of sp³-hybridized carbons (Fsp3) is 0.500. The molecule has 0 spiro atoms. The van der Waals surface area contributed by atoms with Gasteiger partial charge in [-0.15, -0.1) is 21.5 Å². The van der Waals surface area contributed by atoms with E-state index in [4.69, 9.17) is 0 Å². The van der Waals surface area contributed by atoms with Crippen LogP contribution in [0.2, 0.25) is 0 Å². The van der Waals surface area contributed by atoms with Crippen LogP contribution in [0.1, 0.15) is 36.0 Å². The molecule has 0 N–H and O–H groups in total. The molecule has 1 saturated heterocycles. The van der Waals surface area contributed by atoms with Crippen LogP contribution in [0, 0.1) is 0 Å². The van der Waals surface area contributed by atoms with Gasteiger partial charge in [0.2, 0.25) is 5.91 Å². The summed E-state index contributed by atoms with van der Waals surface area (Å²) in [6.07, 6.45) is 5.38. The van der Waals surface area contributed by atoms with E-state index in [-0.39, 0.29) is 11.9 Å². The fourth-order valence-corrected chi connectivity index (χ4v) is 3.45. The summed E-state index contributed by atoms with van der Waals surface area (Å²) in [6.45, 7) is 0.821. The van der Waals surface area contributed by atoms with Crippen molar-refractivity contribution in [2.75, 3.05) is 6.54 Å². The van der Waals surface area contributed by atoms with Gasteiger partial charge < -0.3 is 9.47 Å². The molecule has 2 aromatic heterocycles. The first-order valence-electron chi connectivity index (χ1n) is 6.91. The maximum absolute atomic E-state index is 12.6. The van der Waals surface area contributed by atoms with Crippen molar-refractivity contribution in [2.45, 2.75) is 31.7 Å². The van der Waals surface area contributed by atoms with Crippen molar-refractivity contribution in [3.05, 3.63) is 34.5 Å². The second kappa shape index (κ2) is 5.75. The van der Waals surface area contributed by atoms with E-state index >= 15 is 0 Å². The number of nitrogens with zero attached hydrogens (tertiary/aromatic N) is 4. The zero-order valence-corrected chi connectivity index (χ0v) is 12.3. The number of likely N-dealkylation sites (tertiary alicyclic amines) is 1. The van der Waals surface area contributed by atoms with Crippen molar-refractivity contribution in [3.8, 4) is 0 Å². The largest absolute Gasteiger partial charge is 0.332 e. The Bertz CT molecular complexity index is 578. The molecular formula is C14H18N4OS. The van der Waals surface area contributed by atoms with Crippen molar-refractivity contribution < 1.29 is 4.79 Å². The summed E-state index contributed by atoms with van der Waals surface area (Å²) < 4.78 is 1.92. The molecule has 0 aromatic carbocycles. The Morgan fingerprint density at radius 2 is 2.40 bits per heavy atom. The number of piperidine rings is 1. The molecule has 3 heterocycles. The second-order valence-corrected chi connectivity index (χ2v) is 6.19. The minimum atomic E-state index is 0.0729. The van der Waals surface area contributed by atoms with Crippen molar-refractivity contribution in [3.63, 3.8) is 0 Å². The predicted octanol–water partition coefficient (Wildman–Crippen LogP) is 2.17. The van der Waals surface area contributed by atoms with Gasteiger partial charge in [-0.3, -0.25) is 4.79 Å². The van der Waals surface area contributed by atoms with Crippen LogP contribution in [0.15, 0.2) is 23.8 Å². The topological polar surface area (TPSA) is 51.0 Å². The van der Waals surface area contributed by atoms with Crippen LogP contribution in [0.25, 0.3) is 0 Å². The first kappa shape index (κ1) is 13.3. The molecule has 0 saturated carbocycles. The third-order valence-corrected chi connectivity index (χ3v) is 4.65. The number of carbonyl (C=O) groups is 1. The molecule has 2 aromatic rings. The summed E-state index contributed by atoms with van der Waals surface area (Å²) in [7, 11) is 1.94. The fourth-order valence-electron chi connectivity index (χ4n) is 2.76. The van der Waals surface area contributed by atoms with E-state index in [2.05, 4.69) is 10.2 Å². The number of aryl methyl sites for hydroxylation is 1. The Kier molecular flexibility index (Phi) is 3.82. The standard InChI is InChI=1S/C14H18N4OS/c1-17-10-15-16-14(17)12-6-2-3-7-18(12)13(19)9-11-5-4-8-20-11/h4-5,8,10,12H,2-3,6-7,9H2,1H3/t12-/m0/s1. The average Bonchev–Trinajstić information content (AvgIpc) is 3.10. The van der Waals surface area contributed by atoms with Gasteiger partial charge in [0.15, 0.2) is 5.82 Å². The molecule has 106 valence electrons. The van der Waals surface area contributed by atoms with Gasteiger partial charge in [-0.1, -0.05) is 6.07 Å². The lowest BCUT2D eigenvalue weighted by molar-refractivity contribution is -0.134. The Balaban J connectivity index is 1.78. The third kappa shape index (κ3) is 2.60. The Hall–Kier alpha value is -1.69. The lowest BCUT2D eigenvalue weighted by Crippen LogP contribution is -2.40. The maximum Gasteiger partial charge on any atom is 0.228 e. The van der Waals surface area contributed by atoms with Gasteiger partial charge in [-0.2, -0.15) is 0 Å². The molecule has 3 rings (SSSR count). The number of thiophene rings is 1. The maximum atomic E-state index is 12.6. The smallest absolute Gasteiger partial charge is 0.228 e. The van der Waals surface area contributed by atoms with E-state index in [9.17, 15) is 4.79 Å².